The molecule has 0 rings (SSSR count). The van der Waals surface area contributed by atoms with Crippen LogP contribution in [-0.2, 0) is 0 Å². The van der Waals surface area contributed by atoms with Gasteiger partial charge < -0.3 is 5.32 Å². The van der Waals surface area contributed by atoms with E-state index in [0.717, 1.165) is 0 Å². The molecule has 0 aromatic heterocycles. The summed E-state index contributed by atoms with van der Waals surface area (Å²) in [7, 11) is 1.91. The lowest BCUT2D eigenvalue weighted by atomic mass is 10.3. The fourth-order valence-electron chi connectivity index (χ4n) is 0.118. The topological polar surface area (TPSA) is 12.0 Å². The zero-order chi connectivity index (χ0) is 4.99. The van der Waals surface area contributed by atoms with Crippen molar-refractivity contribution in [3.63, 3.8) is 0 Å². The Bertz CT molecular complexity index is 41.2. The van der Waals surface area contributed by atoms with E-state index in [1.165, 1.54) is 0 Å². The van der Waals surface area contributed by atoms with Gasteiger partial charge in [0, 0.05) is 6.04 Å². The van der Waals surface area contributed by atoms with Crippen LogP contribution in [0.25, 0.3) is 0 Å². The number of hydrogen-bond donors (Lipinski definition) is 1. The molecule has 1 heteroatoms. The van der Waals surface area contributed by atoms with E-state index in [1.807, 2.05) is 20.0 Å². The fraction of sp³-hybridized carbons (Fsp3) is 0.600. The molecule has 0 bridgehead atoms. The van der Waals surface area contributed by atoms with Crippen LogP contribution in [0.4, 0.5) is 0 Å². The molecule has 0 aliphatic rings. The molecule has 0 unspecified atom stereocenters. The van der Waals surface area contributed by atoms with Crippen LogP contribution in [0.15, 0.2) is 12.7 Å². The van der Waals surface area contributed by atoms with Gasteiger partial charge in [-0.3, -0.25) is 0 Å². The average molecular weight is 85.1 g/mol. The summed E-state index contributed by atoms with van der Waals surface area (Å²) in [5.74, 6) is 0. The van der Waals surface area contributed by atoms with E-state index in [2.05, 4.69) is 11.9 Å². The van der Waals surface area contributed by atoms with Crippen LogP contribution < -0.4 is 5.32 Å². The Morgan fingerprint density at radius 3 is 2.33 bits per heavy atom. The molecular formula is C5H11N. The number of likely N-dealkylation sites (N-methyl/N-ethyl adjacent to an activating group) is 1. The third kappa shape index (κ3) is 1.97. The van der Waals surface area contributed by atoms with Crippen LogP contribution in [0.1, 0.15) is 6.92 Å². The first kappa shape index (κ1) is 5.70. The van der Waals surface area contributed by atoms with Crippen molar-refractivity contribution in [1.29, 1.82) is 0 Å². The van der Waals surface area contributed by atoms with E-state index in [1.54, 1.807) is 0 Å². The molecule has 36 valence electrons. The van der Waals surface area contributed by atoms with Gasteiger partial charge in [0.05, 0.1) is 0 Å². The van der Waals surface area contributed by atoms with Crippen LogP contribution in [0.3, 0.4) is 0 Å². The van der Waals surface area contributed by atoms with E-state index < -0.39 is 0 Å². The smallest absolute Gasteiger partial charge is 0.0216 e. The molecule has 0 aliphatic heterocycles. The molecule has 0 saturated carbocycles. The predicted octanol–water partition coefficient (Wildman–Crippen LogP) is 0.780. The molecule has 0 fully saturated rings. The lowest BCUT2D eigenvalue weighted by Crippen LogP contribution is -2.17. The predicted molar refractivity (Wildman–Crippen MR) is 28.7 cm³/mol. The van der Waals surface area contributed by atoms with Gasteiger partial charge in [-0.2, -0.15) is 0 Å². The normalized spacial score (nSPS) is 13.7. The molecule has 0 amide bonds. The highest BCUT2D eigenvalue weighted by Crippen LogP contribution is 1.74. The SMILES string of the molecule is C=C[C@@H](C)NC. The standard InChI is InChI=1S/C5H11N/c1-4-5(2)6-3/h4-6H,1H2,2-3H3/t5-/m1/s1. The second kappa shape index (κ2) is 2.91. The molecule has 1 atom stereocenters. The van der Waals surface area contributed by atoms with Crippen molar-refractivity contribution < 1.29 is 0 Å². The molecule has 1 nitrogen and oxygen atoms in total. The fourth-order valence-corrected chi connectivity index (χ4v) is 0.118. The summed E-state index contributed by atoms with van der Waals surface area (Å²) in [6.07, 6.45) is 1.86. The Kier molecular flexibility index (Phi) is 2.77. The zero-order valence-electron chi connectivity index (χ0n) is 4.36. The summed E-state index contributed by atoms with van der Waals surface area (Å²) in [4.78, 5) is 0. The maximum atomic E-state index is 3.57. The first-order valence-corrected chi connectivity index (χ1v) is 2.11. The van der Waals surface area contributed by atoms with Crippen molar-refractivity contribution in [2.24, 2.45) is 0 Å². The van der Waals surface area contributed by atoms with Gasteiger partial charge in [-0.15, -0.1) is 6.58 Å². The third-order valence-electron chi connectivity index (χ3n) is 0.809. The van der Waals surface area contributed by atoms with Crippen LogP contribution in [0.5, 0.6) is 0 Å². The van der Waals surface area contributed by atoms with E-state index in [-0.39, 0.29) is 0 Å². The molecule has 0 aliphatic carbocycles. The maximum Gasteiger partial charge on any atom is 0.0216 e. The molecule has 0 aromatic rings. The van der Waals surface area contributed by atoms with Crippen LogP contribution in [0.2, 0.25) is 0 Å². The first-order valence-electron chi connectivity index (χ1n) is 2.11. The second-order valence-electron chi connectivity index (χ2n) is 1.31. The minimum Gasteiger partial charge on any atom is -0.314 e. The van der Waals surface area contributed by atoms with E-state index in [4.69, 9.17) is 0 Å². The average Bonchev–Trinajstić information content (AvgIpc) is 1.65. The van der Waals surface area contributed by atoms with E-state index in [9.17, 15) is 0 Å². The monoisotopic (exact) mass is 85.1 g/mol. The summed E-state index contributed by atoms with van der Waals surface area (Å²) in [6.45, 7) is 5.62. The first-order chi connectivity index (χ1) is 2.81. The van der Waals surface area contributed by atoms with Gasteiger partial charge in [0.2, 0.25) is 0 Å². The number of hydrogen-bond acceptors (Lipinski definition) is 1. The van der Waals surface area contributed by atoms with Gasteiger partial charge in [0.15, 0.2) is 0 Å². The molecule has 0 spiro atoms. The zero-order valence-corrected chi connectivity index (χ0v) is 4.36. The Balaban J connectivity index is 2.96. The third-order valence-corrected chi connectivity index (χ3v) is 0.809. The molecule has 6 heavy (non-hydrogen) atoms. The summed E-state index contributed by atoms with van der Waals surface area (Å²) in [6, 6.07) is 0.449. The van der Waals surface area contributed by atoms with E-state index in [0.29, 0.717) is 6.04 Å². The number of rotatable bonds is 2. The Labute approximate surface area is 39.1 Å². The molecule has 0 radical (unpaired) electrons. The van der Waals surface area contributed by atoms with Crippen LogP contribution >= 0.6 is 0 Å². The lowest BCUT2D eigenvalue weighted by molar-refractivity contribution is 0.730. The second-order valence-corrected chi connectivity index (χ2v) is 1.31. The van der Waals surface area contributed by atoms with Gasteiger partial charge in [0.25, 0.3) is 0 Å². The number of nitrogens with one attached hydrogen (secondary N) is 1. The van der Waals surface area contributed by atoms with Gasteiger partial charge in [0.1, 0.15) is 0 Å². The van der Waals surface area contributed by atoms with Gasteiger partial charge in [-0.05, 0) is 14.0 Å². The Morgan fingerprint density at radius 1 is 1.83 bits per heavy atom. The van der Waals surface area contributed by atoms with Gasteiger partial charge >= 0.3 is 0 Å². The molecule has 0 aromatic carbocycles. The van der Waals surface area contributed by atoms with Crippen molar-refractivity contribution in [1.82, 2.24) is 5.32 Å². The largest absolute Gasteiger partial charge is 0.314 e. The summed E-state index contributed by atoms with van der Waals surface area (Å²) in [5, 5.41) is 3.00. The highest BCUT2D eigenvalue weighted by Gasteiger charge is 1.81. The maximum absolute atomic E-state index is 3.57. The minimum atomic E-state index is 0.449. The molecule has 0 saturated heterocycles. The molecule has 1 N–H and O–H groups in total. The van der Waals surface area contributed by atoms with Gasteiger partial charge in [-0.25, -0.2) is 0 Å². The van der Waals surface area contributed by atoms with Crippen molar-refractivity contribution in [2.75, 3.05) is 7.05 Å². The van der Waals surface area contributed by atoms with Crippen molar-refractivity contribution >= 4 is 0 Å². The van der Waals surface area contributed by atoms with E-state index >= 15 is 0 Å². The quantitative estimate of drug-likeness (QED) is 0.488. The van der Waals surface area contributed by atoms with Gasteiger partial charge in [-0.1, -0.05) is 6.08 Å². The summed E-state index contributed by atoms with van der Waals surface area (Å²) >= 11 is 0. The van der Waals surface area contributed by atoms with Crippen LogP contribution in [0, 0.1) is 0 Å². The Hall–Kier alpha value is -0.300. The molecule has 0 heterocycles. The highest BCUT2D eigenvalue weighted by molar-refractivity contribution is 4.79. The van der Waals surface area contributed by atoms with Crippen molar-refractivity contribution in [2.45, 2.75) is 13.0 Å². The van der Waals surface area contributed by atoms with Crippen LogP contribution in [-0.4, -0.2) is 13.1 Å². The summed E-state index contributed by atoms with van der Waals surface area (Å²) in [5.41, 5.74) is 0. The van der Waals surface area contributed by atoms with Crippen molar-refractivity contribution in [3.8, 4) is 0 Å². The highest BCUT2D eigenvalue weighted by atomic mass is 14.8. The summed E-state index contributed by atoms with van der Waals surface area (Å²) < 4.78 is 0. The lowest BCUT2D eigenvalue weighted by Gasteiger charge is -1.98. The molecular weight excluding hydrogens is 74.1 g/mol. The van der Waals surface area contributed by atoms with Crippen molar-refractivity contribution in [3.05, 3.63) is 12.7 Å². The Morgan fingerprint density at radius 2 is 2.33 bits per heavy atom. The minimum absolute atomic E-state index is 0.449.